The van der Waals surface area contributed by atoms with Crippen molar-refractivity contribution in [2.75, 3.05) is 10.6 Å². The molecular weight excluding hydrogens is 570 g/mol. The van der Waals surface area contributed by atoms with Crippen molar-refractivity contribution in [3.05, 3.63) is 155 Å². The molecule has 3 N–H and O–H groups in total. The smallest absolute Gasteiger partial charge is 0.272 e. The van der Waals surface area contributed by atoms with Crippen LogP contribution in [0.25, 0.3) is 6.08 Å². The quantitative estimate of drug-likeness (QED) is 0.112. The second kappa shape index (κ2) is 14.2. The van der Waals surface area contributed by atoms with E-state index in [1.807, 2.05) is 74.5 Å². The molecule has 5 aromatic rings. The highest BCUT2D eigenvalue weighted by Crippen LogP contribution is 2.37. The average molecular weight is 602 g/mol. The van der Waals surface area contributed by atoms with E-state index in [1.165, 1.54) is 24.1 Å². The third-order valence-electron chi connectivity index (χ3n) is 6.70. The van der Waals surface area contributed by atoms with Gasteiger partial charge in [0.25, 0.3) is 11.8 Å². The normalized spacial score (nSPS) is 11.8. The fourth-order valence-electron chi connectivity index (χ4n) is 4.41. The van der Waals surface area contributed by atoms with Crippen molar-refractivity contribution < 1.29 is 18.8 Å². The van der Waals surface area contributed by atoms with Crippen LogP contribution >= 0.6 is 11.8 Å². The zero-order valence-electron chi connectivity index (χ0n) is 24.2. The van der Waals surface area contributed by atoms with Crippen LogP contribution in [0.15, 0.2) is 137 Å². The minimum absolute atomic E-state index is 0.0157. The third kappa shape index (κ3) is 7.93. The van der Waals surface area contributed by atoms with E-state index in [2.05, 4.69) is 16.0 Å². The molecule has 0 saturated heterocycles. The van der Waals surface area contributed by atoms with E-state index in [1.54, 1.807) is 54.6 Å². The van der Waals surface area contributed by atoms with E-state index < -0.39 is 17.1 Å². The van der Waals surface area contributed by atoms with Crippen LogP contribution in [-0.4, -0.2) is 17.7 Å². The van der Waals surface area contributed by atoms with Gasteiger partial charge in [0.05, 0.1) is 6.26 Å². The van der Waals surface area contributed by atoms with Crippen molar-refractivity contribution in [1.82, 2.24) is 5.32 Å². The van der Waals surface area contributed by atoms with Crippen molar-refractivity contribution >= 4 is 46.9 Å². The number of benzene rings is 4. The predicted octanol–water partition coefficient (Wildman–Crippen LogP) is 7.78. The Morgan fingerprint density at radius 1 is 0.773 bits per heavy atom. The Labute approximate surface area is 260 Å². The average Bonchev–Trinajstić information content (AvgIpc) is 3.55. The molecule has 0 radical (unpaired) electrons. The summed E-state index contributed by atoms with van der Waals surface area (Å²) in [4.78, 5) is 40.7. The molecule has 3 amide bonds. The Morgan fingerprint density at radius 2 is 1.52 bits per heavy atom. The van der Waals surface area contributed by atoms with Crippen LogP contribution in [0.3, 0.4) is 0 Å². The molecule has 0 aliphatic carbocycles. The van der Waals surface area contributed by atoms with E-state index in [4.69, 9.17) is 4.42 Å². The van der Waals surface area contributed by atoms with Gasteiger partial charge in [-0.3, -0.25) is 14.4 Å². The molecule has 7 nitrogen and oxygen atoms in total. The van der Waals surface area contributed by atoms with E-state index in [0.717, 1.165) is 27.3 Å². The Bertz CT molecular complexity index is 1790. The maximum atomic E-state index is 13.6. The minimum Gasteiger partial charge on any atom is -0.465 e. The van der Waals surface area contributed by atoms with Gasteiger partial charge < -0.3 is 20.4 Å². The summed E-state index contributed by atoms with van der Waals surface area (Å²) in [5.74, 6) is -0.700. The van der Waals surface area contributed by atoms with Crippen molar-refractivity contribution in [2.24, 2.45) is 0 Å². The van der Waals surface area contributed by atoms with Crippen LogP contribution < -0.4 is 16.0 Å². The van der Waals surface area contributed by atoms with Crippen molar-refractivity contribution in [3.8, 4) is 0 Å². The van der Waals surface area contributed by atoms with Gasteiger partial charge in [-0.15, -0.1) is 11.8 Å². The molecule has 8 heteroatoms. The number of furan rings is 1. The topological polar surface area (TPSA) is 100 Å². The molecule has 0 fully saturated rings. The molecule has 0 aliphatic rings. The Morgan fingerprint density at radius 3 is 2.25 bits per heavy atom. The number of carbonyl (C=O) groups is 3. The third-order valence-corrected chi connectivity index (χ3v) is 7.94. The summed E-state index contributed by atoms with van der Waals surface area (Å²) >= 11 is 1.38. The molecular formula is C36H31N3O4S. The van der Waals surface area contributed by atoms with Gasteiger partial charge in [0.1, 0.15) is 16.7 Å². The highest BCUT2D eigenvalue weighted by molar-refractivity contribution is 8.00. The summed E-state index contributed by atoms with van der Waals surface area (Å²) in [7, 11) is 0. The van der Waals surface area contributed by atoms with Gasteiger partial charge in [0, 0.05) is 27.9 Å². The number of rotatable bonds is 10. The van der Waals surface area contributed by atoms with E-state index in [9.17, 15) is 14.4 Å². The molecule has 0 spiro atoms. The molecule has 220 valence electrons. The molecule has 1 atom stereocenters. The van der Waals surface area contributed by atoms with Crippen LogP contribution in [0.4, 0.5) is 11.4 Å². The second-order valence-corrected chi connectivity index (χ2v) is 11.3. The van der Waals surface area contributed by atoms with Crippen molar-refractivity contribution in [1.29, 1.82) is 0 Å². The van der Waals surface area contributed by atoms with Gasteiger partial charge in [0.2, 0.25) is 5.91 Å². The predicted molar refractivity (Wildman–Crippen MR) is 175 cm³/mol. The van der Waals surface area contributed by atoms with E-state index in [0.29, 0.717) is 17.0 Å². The number of thioether (sulfide) groups is 1. The molecule has 0 saturated carbocycles. The van der Waals surface area contributed by atoms with E-state index >= 15 is 0 Å². The van der Waals surface area contributed by atoms with E-state index in [-0.39, 0.29) is 11.6 Å². The summed E-state index contributed by atoms with van der Waals surface area (Å²) in [6.07, 6.45) is 2.96. The number of amides is 3. The Hall–Kier alpha value is -5.34. The van der Waals surface area contributed by atoms with Gasteiger partial charge in [-0.05, 0) is 79.1 Å². The monoisotopic (exact) mass is 601 g/mol. The fourth-order valence-corrected chi connectivity index (χ4v) is 5.49. The molecule has 1 heterocycles. The molecule has 1 unspecified atom stereocenters. The zero-order valence-corrected chi connectivity index (χ0v) is 25.1. The summed E-state index contributed by atoms with van der Waals surface area (Å²) in [6.45, 7) is 3.95. The van der Waals surface area contributed by atoms with Gasteiger partial charge >= 0.3 is 0 Å². The molecule has 4 aromatic carbocycles. The Kier molecular flexibility index (Phi) is 9.74. The SMILES string of the molecule is Cc1ccc(C)c(NC(=O)C(Sc2cccc(NC(=O)/C(=C/c3ccco3)NC(=O)c3ccccc3)c2)c2ccccc2)c1. The van der Waals surface area contributed by atoms with Crippen LogP contribution in [0.1, 0.15) is 38.1 Å². The molecule has 0 aliphatic heterocycles. The lowest BCUT2D eigenvalue weighted by Gasteiger charge is -2.19. The molecule has 0 bridgehead atoms. The summed E-state index contributed by atoms with van der Waals surface area (Å²) < 4.78 is 5.39. The van der Waals surface area contributed by atoms with Gasteiger partial charge in [-0.1, -0.05) is 66.7 Å². The second-order valence-electron chi connectivity index (χ2n) is 10.1. The lowest BCUT2D eigenvalue weighted by atomic mass is 10.1. The minimum atomic E-state index is -0.554. The van der Waals surface area contributed by atoms with Gasteiger partial charge in [0.15, 0.2) is 0 Å². The summed E-state index contributed by atoms with van der Waals surface area (Å²) in [5, 5.41) is 8.11. The first kappa shape index (κ1) is 30.1. The first-order valence-electron chi connectivity index (χ1n) is 14.0. The number of carbonyl (C=O) groups excluding carboxylic acids is 3. The fraction of sp³-hybridized carbons (Fsp3) is 0.0833. The summed E-state index contributed by atoms with van der Waals surface area (Å²) in [5.41, 5.74) is 4.58. The standard InChI is InChI=1S/C36H31N3O4S/c1-24-18-19-25(2)31(21-24)38-36(42)33(26-11-5-3-6-12-26)44-30-17-9-15-28(22-30)37-35(41)32(23-29-16-10-20-43-29)39-34(40)27-13-7-4-8-14-27/h3-23,33H,1-2H3,(H,37,41)(H,38,42)(H,39,40)/b32-23-. The number of anilines is 2. The number of hydrogen-bond donors (Lipinski definition) is 3. The van der Waals surface area contributed by atoms with Crippen LogP contribution in [-0.2, 0) is 9.59 Å². The van der Waals surface area contributed by atoms with Crippen LogP contribution in [0, 0.1) is 13.8 Å². The lowest BCUT2D eigenvalue weighted by Crippen LogP contribution is -2.30. The Balaban J connectivity index is 1.36. The zero-order chi connectivity index (χ0) is 30.9. The van der Waals surface area contributed by atoms with Crippen LogP contribution in [0.2, 0.25) is 0 Å². The van der Waals surface area contributed by atoms with Crippen LogP contribution in [0.5, 0.6) is 0 Å². The maximum absolute atomic E-state index is 13.6. The maximum Gasteiger partial charge on any atom is 0.272 e. The number of aryl methyl sites for hydroxylation is 2. The van der Waals surface area contributed by atoms with Gasteiger partial charge in [-0.2, -0.15) is 0 Å². The number of hydrogen-bond acceptors (Lipinski definition) is 5. The highest BCUT2D eigenvalue weighted by Gasteiger charge is 2.23. The van der Waals surface area contributed by atoms with Crippen molar-refractivity contribution in [2.45, 2.75) is 24.0 Å². The first-order chi connectivity index (χ1) is 21.4. The number of nitrogens with one attached hydrogen (secondary N) is 3. The largest absolute Gasteiger partial charge is 0.465 e. The molecule has 44 heavy (non-hydrogen) atoms. The first-order valence-corrected chi connectivity index (χ1v) is 14.9. The highest BCUT2D eigenvalue weighted by atomic mass is 32.2. The summed E-state index contributed by atoms with van der Waals surface area (Å²) in [6, 6.07) is 34.8. The van der Waals surface area contributed by atoms with Gasteiger partial charge in [-0.25, -0.2) is 0 Å². The lowest BCUT2D eigenvalue weighted by molar-refractivity contribution is -0.116. The molecule has 1 aromatic heterocycles. The van der Waals surface area contributed by atoms with Crippen molar-refractivity contribution in [3.63, 3.8) is 0 Å². The molecule has 5 rings (SSSR count).